The number of nitrogens with zero attached hydrogens (tertiary/aromatic N) is 2. The lowest BCUT2D eigenvalue weighted by atomic mass is 9.87. The normalized spacial score (nSPS) is 11.4. The summed E-state index contributed by atoms with van der Waals surface area (Å²) < 4.78 is 11.4. The van der Waals surface area contributed by atoms with E-state index in [1.165, 1.54) is 17.7 Å². The number of rotatable bonds is 8. The highest BCUT2D eigenvalue weighted by Crippen LogP contribution is 2.29. The second kappa shape index (κ2) is 9.96. The van der Waals surface area contributed by atoms with Crippen LogP contribution < -0.4 is 14.9 Å². The van der Waals surface area contributed by atoms with Crippen molar-refractivity contribution in [1.82, 2.24) is 0 Å². The molecule has 0 atom stereocenters. The zero-order valence-electron chi connectivity index (χ0n) is 18.7. The van der Waals surface area contributed by atoms with Crippen molar-refractivity contribution in [3.05, 3.63) is 93.5 Å². The predicted octanol–water partition coefficient (Wildman–Crippen LogP) is 5.93. The Morgan fingerprint density at radius 1 is 1.03 bits per heavy atom. The highest BCUT2D eigenvalue weighted by Gasteiger charge is 2.13. The van der Waals surface area contributed by atoms with Crippen LogP contribution in [-0.4, -0.2) is 18.2 Å². The van der Waals surface area contributed by atoms with Gasteiger partial charge in [-0.2, -0.15) is 5.10 Å². The third-order valence-electron chi connectivity index (χ3n) is 4.87. The zero-order chi connectivity index (χ0) is 23.1. The molecule has 0 saturated heterocycles. The van der Waals surface area contributed by atoms with Crippen LogP contribution in [0.2, 0.25) is 0 Å². The van der Waals surface area contributed by atoms with E-state index in [1.54, 1.807) is 25.5 Å². The topological polar surface area (TPSA) is 86.0 Å². The van der Waals surface area contributed by atoms with Crippen molar-refractivity contribution in [1.29, 1.82) is 0 Å². The summed E-state index contributed by atoms with van der Waals surface area (Å²) in [6.07, 6.45) is 1.61. The first-order chi connectivity index (χ1) is 15.3. The summed E-state index contributed by atoms with van der Waals surface area (Å²) in [6.45, 7) is 7.00. The SMILES string of the molecule is COc1cc(C=NNc2cccc([N+](=O)[O-])c2)ccc1OCc1ccc(C(C)(C)C)cc1. The minimum absolute atomic E-state index is 0.00131. The smallest absolute Gasteiger partial charge is 0.271 e. The Morgan fingerprint density at radius 3 is 2.44 bits per heavy atom. The molecule has 0 heterocycles. The maximum atomic E-state index is 10.9. The van der Waals surface area contributed by atoms with E-state index in [4.69, 9.17) is 9.47 Å². The number of non-ortho nitro benzene ring substituents is 1. The van der Waals surface area contributed by atoms with Crippen LogP contribution >= 0.6 is 0 Å². The first-order valence-corrected chi connectivity index (χ1v) is 10.2. The van der Waals surface area contributed by atoms with Gasteiger partial charge in [0.2, 0.25) is 0 Å². The number of nitrogens with one attached hydrogen (secondary N) is 1. The third-order valence-corrected chi connectivity index (χ3v) is 4.87. The standard InChI is InChI=1S/C25H27N3O4/c1-25(2,3)20-11-8-18(9-12-20)17-32-23-13-10-19(14-24(23)31-4)16-26-27-21-6-5-7-22(15-21)28(29)30/h5-16,27H,17H2,1-4H3. The Bertz CT molecular complexity index is 1100. The molecule has 7 nitrogen and oxygen atoms in total. The Balaban J connectivity index is 1.63. The maximum Gasteiger partial charge on any atom is 0.271 e. The van der Waals surface area contributed by atoms with Crippen LogP contribution in [0.3, 0.4) is 0 Å². The summed E-state index contributed by atoms with van der Waals surface area (Å²) in [4.78, 5) is 10.4. The number of methoxy groups -OCH3 is 1. The molecule has 0 saturated carbocycles. The van der Waals surface area contributed by atoms with Crippen molar-refractivity contribution in [3.8, 4) is 11.5 Å². The summed E-state index contributed by atoms with van der Waals surface area (Å²) in [5.41, 5.74) is 6.59. The molecule has 0 aliphatic rings. The van der Waals surface area contributed by atoms with Crippen molar-refractivity contribution < 1.29 is 14.4 Å². The number of anilines is 1. The van der Waals surface area contributed by atoms with Gasteiger partial charge in [-0.05, 0) is 46.4 Å². The van der Waals surface area contributed by atoms with Crippen LogP contribution in [0.15, 0.2) is 71.8 Å². The van der Waals surface area contributed by atoms with Gasteiger partial charge in [0.25, 0.3) is 5.69 Å². The first-order valence-electron chi connectivity index (χ1n) is 10.2. The van der Waals surface area contributed by atoms with E-state index in [1.807, 2.05) is 18.2 Å². The van der Waals surface area contributed by atoms with E-state index >= 15 is 0 Å². The van der Waals surface area contributed by atoms with Gasteiger partial charge in [0, 0.05) is 12.1 Å². The average Bonchev–Trinajstić information content (AvgIpc) is 2.78. The molecule has 0 spiro atoms. The molecule has 0 unspecified atom stereocenters. The van der Waals surface area contributed by atoms with Gasteiger partial charge in [-0.1, -0.05) is 51.1 Å². The number of benzene rings is 3. The Morgan fingerprint density at radius 2 is 1.78 bits per heavy atom. The van der Waals surface area contributed by atoms with E-state index in [-0.39, 0.29) is 11.1 Å². The average molecular weight is 434 g/mol. The van der Waals surface area contributed by atoms with Crippen molar-refractivity contribution >= 4 is 17.6 Å². The molecule has 0 amide bonds. The molecule has 0 fully saturated rings. The van der Waals surface area contributed by atoms with Gasteiger partial charge in [0.15, 0.2) is 11.5 Å². The van der Waals surface area contributed by atoms with Crippen molar-refractivity contribution in [2.24, 2.45) is 5.10 Å². The molecule has 0 aliphatic heterocycles. The molecule has 7 heteroatoms. The van der Waals surface area contributed by atoms with Crippen molar-refractivity contribution in [3.63, 3.8) is 0 Å². The highest BCUT2D eigenvalue weighted by molar-refractivity contribution is 5.81. The van der Waals surface area contributed by atoms with Gasteiger partial charge in [-0.3, -0.25) is 15.5 Å². The summed E-state index contributed by atoms with van der Waals surface area (Å²) in [5.74, 6) is 1.23. The summed E-state index contributed by atoms with van der Waals surface area (Å²) >= 11 is 0. The Hall–Kier alpha value is -3.87. The zero-order valence-corrected chi connectivity index (χ0v) is 18.7. The summed E-state index contributed by atoms with van der Waals surface area (Å²) in [7, 11) is 1.59. The largest absolute Gasteiger partial charge is 0.493 e. The quantitative estimate of drug-likeness (QED) is 0.270. The fourth-order valence-corrected chi connectivity index (χ4v) is 3.02. The fraction of sp³-hybridized carbons (Fsp3) is 0.240. The molecule has 0 aromatic heterocycles. The molecule has 3 aromatic carbocycles. The van der Waals surface area contributed by atoms with Crippen LogP contribution in [-0.2, 0) is 12.0 Å². The van der Waals surface area contributed by atoms with E-state index < -0.39 is 4.92 Å². The lowest BCUT2D eigenvalue weighted by Crippen LogP contribution is -2.10. The lowest BCUT2D eigenvalue weighted by molar-refractivity contribution is -0.384. The van der Waals surface area contributed by atoms with E-state index in [2.05, 4.69) is 55.6 Å². The van der Waals surface area contributed by atoms with Crippen LogP contribution in [0.5, 0.6) is 11.5 Å². The lowest BCUT2D eigenvalue weighted by Gasteiger charge is -2.19. The van der Waals surface area contributed by atoms with Crippen LogP contribution in [0.1, 0.15) is 37.5 Å². The number of hydrazone groups is 1. The predicted molar refractivity (Wildman–Crippen MR) is 127 cm³/mol. The van der Waals surface area contributed by atoms with Gasteiger partial charge < -0.3 is 9.47 Å². The van der Waals surface area contributed by atoms with E-state index in [0.29, 0.717) is 23.8 Å². The number of nitro groups is 1. The molecule has 3 rings (SSSR count). The van der Waals surface area contributed by atoms with E-state index in [9.17, 15) is 10.1 Å². The minimum Gasteiger partial charge on any atom is -0.493 e. The third kappa shape index (κ3) is 6.07. The van der Waals surface area contributed by atoms with Crippen molar-refractivity contribution in [2.45, 2.75) is 32.8 Å². The van der Waals surface area contributed by atoms with Crippen molar-refractivity contribution in [2.75, 3.05) is 12.5 Å². The van der Waals surface area contributed by atoms with Crippen LogP contribution in [0, 0.1) is 10.1 Å². The van der Waals surface area contributed by atoms with Crippen LogP contribution in [0.25, 0.3) is 0 Å². The van der Waals surface area contributed by atoms with Gasteiger partial charge in [-0.15, -0.1) is 0 Å². The van der Waals surface area contributed by atoms with Gasteiger partial charge >= 0.3 is 0 Å². The number of hydrogen-bond donors (Lipinski definition) is 1. The Kier molecular flexibility index (Phi) is 7.10. The monoisotopic (exact) mass is 433 g/mol. The maximum absolute atomic E-state index is 10.9. The van der Waals surface area contributed by atoms with Gasteiger partial charge in [0.05, 0.1) is 23.9 Å². The molecular weight excluding hydrogens is 406 g/mol. The second-order valence-corrected chi connectivity index (χ2v) is 8.32. The molecule has 166 valence electrons. The fourth-order valence-electron chi connectivity index (χ4n) is 3.02. The first kappa shape index (κ1) is 22.8. The molecule has 1 N–H and O–H groups in total. The molecule has 0 radical (unpaired) electrons. The summed E-state index contributed by atoms with van der Waals surface area (Å²) in [6, 6.07) is 20.1. The number of nitro benzene ring substituents is 1. The second-order valence-electron chi connectivity index (χ2n) is 8.32. The molecule has 0 aliphatic carbocycles. The van der Waals surface area contributed by atoms with Crippen LogP contribution in [0.4, 0.5) is 11.4 Å². The number of hydrogen-bond acceptors (Lipinski definition) is 6. The van der Waals surface area contributed by atoms with Gasteiger partial charge in [-0.25, -0.2) is 0 Å². The molecular formula is C25H27N3O4. The van der Waals surface area contributed by atoms with Gasteiger partial charge in [0.1, 0.15) is 6.61 Å². The minimum atomic E-state index is -0.447. The molecule has 3 aromatic rings. The van der Waals surface area contributed by atoms with E-state index in [0.717, 1.165) is 11.1 Å². The number of ether oxygens (including phenoxy) is 2. The molecule has 0 bridgehead atoms. The highest BCUT2D eigenvalue weighted by atomic mass is 16.6. The Labute approximate surface area is 187 Å². The summed E-state index contributed by atoms with van der Waals surface area (Å²) in [5, 5.41) is 15.0. The molecule has 32 heavy (non-hydrogen) atoms.